The molecule has 0 saturated heterocycles. The van der Waals surface area contributed by atoms with Gasteiger partial charge in [-0.25, -0.2) is 15.0 Å². The average Bonchev–Trinajstić information content (AvgIpc) is 3.80. The van der Waals surface area contributed by atoms with E-state index in [9.17, 15) is 0 Å². The molecule has 0 aliphatic carbocycles. The van der Waals surface area contributed by atoms with Crippen molar-refractivity contribution in [1.82, 2.24) is 19.5 Å². The maximum Gasteiger partial charge on any atom is 0.166 e. The van der Waals surface area contributed by atoms with Gasteiger partial charge in [0.25, 0.3) is 0 Å². The van der Waals surface area contributed by atoms with Gasteiger partial charge in [-0.05, 0) is 58.7 Å². The molecule has 0 atom stereocenters. The number of aromatic nitrogens is 4. The quantitative estimate of drug-likeness (QED) is 0.171. The second-order valence-electron chi connectivity index (χ2n) is 14.0. The Labute approximate surface area is 327 Å². The van der Waals surface area contributed by atoms with E-state index in [1.807, 2.05) is 47.7 Å². The van der Waals surface area contributed by atoms with E-state index in [1.165, 1.54) is 42.1 Å². The SMILES string of the molecule is c1ccc(-c2nc(-c3ccccc3)nc(-c3cc(-c4ccccc4-c4ccccc4)ccc3-n3c4ccccc4c4cc5c(cc43)sc3ccccc35)n2)cc1. The third-order valence-electron chi connectivity index (χ3n) is 10.7. The Morgan fingerprint density at radius 3 is 1.57 bits per heavy atom. The van der Waals surface area contributed by atoms with Crippen molar-refractivity contribution >= 4 is 53.3 Å². The lowest BCUT2D eigenvalue weighted by Gasteiger charge is -2.17. The fraction of sp³-hybridized carbons (Fsp3) is 0. The molecule has 0 saturated carbocycles. The molecule has 262 valence electrons. The zero-order valence-electron chi connectivity index (χ0n) is 30.2. The Morgan fingerprint density at radius 1 is 0.321 bits per heavy atom. The van der Waals surface area contributed by atoms with Gasteiger partial charge in [-0.15, -0.1) is 11.3 Å². The van der Waals surface area contributed by atoms with E-state index in [1.54, 1.807) is 0 Å². The van der Waals surface area contributed by atoms with E-state index >= 15 is 0 Å². The highest BCUT2D eigenvalue weighted by Gasteiger charge is 2.22. The third kappa shape index (κ3) is 5.40. The topological polar surface area (TPSA) is 43.6 Å². The van der Waals surface area contributed by atoms with Gasteiger partial charge in [-0.3, -0.25) is 0 Å². The van der Waals surface area contributed by atoms with Crippen molar-refractivity contribution in [2.24, 2.45) is 0 Å². The molecular formula is C51H32N4S. The van der Waals surface area contributed by atoms with Crippen LogP contribution in [0.4, 0.5) is 0 Å². The molecule has 0 aliphatic rings. The highest BCUT2D eigenvalue weighted by Crippen LogP contribution is 2.43. The van der Waals surface area contributed by atoms with Gasteiger partial charge in [0.15, 0.2) is 17.5 Å². The highest BCUT2D eigenvalue weighted by atomic mass is 32.1. The van der Waals surface area contributed by atoms with Gasteiger partial charge in [-0.2, -0.15) is 0 Å². The van der Waals surface area contributed by atoms with Gasteiger partial charge in [0.05, 0.1) is 16.7 Å². The second kappa shape index (κ2) is 13.3. The van der Waals surface area contributed by atoms with Crippen LogP contribution in [0.5, 0.6) is 0 Å². The monoisotopic (exact) mass is 732 g/mol. The molecule has 0 radical (unpaired) electrons. The first-order chi connectivity index (χ1) is 27.8. The maximum atomic E-state index is 5.29. The van der Waals surface area contributed by atoms with Gasteiger partial charge < -0.3 is 4.57 Å². The summed E-state index contributed by atoms with van der Waals surface area (Å²) >= 11 is 1.84. The molecule has 4 nitrogen and oxygen atoms in total. The van der Waals surface area contributed by atoms with Gasteiger partial charge in [0.1, 0.15) is 0 Å². The van der Waals surface area contributed by atoms with Crippen LogP contribution in [0.15, 0.2) is 194 Å². The average molecular weight is 733 g/mol. The van der Waals surface area contributed by atoms with Crippen LogP contribution in [0.2, 0.25) is 0 Å². The summed E-state index contributed by atoms with van der Waals surface area (Å²) in [5, 5.41) is 4.99. The van der Waals surface area contributed by atoms with Crippen molar-refractivity contribution in [1.29, 1.82) is 0 Å². The molecule has 0 amide bonds. The molecule has 0 spiro atoms. The van der Waals surface area contributed by atoms with Crippen molar-refractivity contribution in [3.63, 3.8) is 0 Å². The first-order valence-electron chi connectivity index (χ1n) is 18.8. The van der Waals surface area contributed by atoms with E-state index in [0.29, 0.717) is 17.5 Å². The lowest BCUT2D eigenvalue weighted by Crippen LogP contribution is -2.04. The van der Waals surface area contributed by atoms with Crippen LogP contribution in [-0.2, 0) is 0 Å². The predicted octanol–water partition coefficient (Wildman–Crippen LogP) is 13.7. The van der Waals surface area contributed by atoms with Crippen LogP contribution >= 0.6 is 11.3 Å². The summed E-state index contributed by atoms with van der Waals surface area (Å²) in [6.07, 6.45) is 0. The molecule has 3 heterocycles. The zero-order valence-corrected chi connectivity index (χ0v) is 31.0. The van der Waals surface area contributed by atoms with Crippen molar-refractivity contribution < 1.29 is 0 Å². The Hall–Kier alpha value is -7.21. The van der Waals surface area contributed by atoms with E-state index in [0.717, 1.165) is 44.5 Å². The van der Waals surface area contributed by atoms with Gasteiger partial charge in [0, 0.05) is 47.6 Å². The van der Waals surface area contributed by atoms with Gasteiger partial charge in [0.2, 0.25) is 0 Å². The number of para-hydroxylation sites is 1. The van der Waals surface area contributed by atoms with Crippen LogP contribution in [0, 0.1) is 0 Å². The smallest absolute Gasteiger partial charge is 0.166 e. The minimum absolute atomic E-state index is 0.612. The summed E-state index contributed by atoms with van der Waals surface area (Å²) in [7, 11) is 0. The summed E-state index contributed by atoms with van der Waals surface area (Å²) < 4.78 is 4.96. The molecule has 8 aromatic carbocycles. The van der Waals surface area contributed by atoms with Gasteiger partial charge >= 0.3 is 0 Å². The Bertz CT molecular complexity index is 3180. The molecular weight excluding hydrogens is 701 g/mol. The number of benzene rings is 8. The zero-order chi connectivity index (χ0) is 37.0. The molecule has 0 fully saturated rings. The molecule has 0 bridgehead atoms. The molecule has 11 aromatic rings. The Balaban J connectivity index is 1.23. The minimum atomic E-state index is 0.612. The first-order valence-corrected chi connectivity index (χ1v) is 19.6. The molecule has 11 rings (SSSR count). The van der Waals surface area contributed by atoms with Crippen molar-refractivity contribution in [2.45, 2.75) is 0 Å². The number of fused-ring (bicyclic) bond motifs is 6. The van der Waals surface area contributed by atoms with Crippen molar-refractivity contribution in [3.8, 4) is 62.1 Å². The van der Waals surface area contributed by atoms with Crippen molar-refractivity contribution in [2.75, 3.05) is 0 Å². The normalized spacial score (nSPS) is 11.6. The standard InChI is InChI=1S/C51H32N4S/c1-4-16-33(17-5-1)37-22-10-11-23-38(37)36-28-29-45(43(30-36)51-53-49(34-18-6-2-7-19-34)52-50(54-51)35-20-8-3-9-21-35)55-44-26-14-12-24-39(44)41-31-42-40-25-13-15-27-47(40)56-48(42)32-46(41)55/h1-32H. The number of rotatable bonds is 6. The van der Waals surface area contributed by atoms with Crippen molar-refractivity contribution in [3.05, 3.63) is 194 Å². The molecule has 0 unspecified atom stereocenters. The summed E-state index contributed by atoms with van der Waals surface area (Å²) in [5.41, 5.74) is 10.6. The number of hydrogen-bond donors (Lipinski definition) is 0. The minimum Gasteiger partial charge on any atom is -0.308 e. The third-order valence-corrected chi connectivity index (χ3v) is 11.8. The lowest BCUT2D eigenvalue weighted by molar-refractivity contribution is 1.06. The van der Waals surface area contributed by atoms with Gasteiger partial charge in [-0.1, -0.05) is 158 Å². The molecule has 5 heteroatoms. The molecule has 0 N–H and O–H groups in total. The number of thiophene rings is 1. The number of nitrogens with zero attached hydrogens (tertiary/aromatic N) is 4. The largest absolute Gasteiger partial charge is 0.308 e. The van der Waals surface area contributed by atoms with E-state index in [-0.39, 0.29) is 0 Å². The maximum absolute atomic E-state index is 5.29. The summed E-state index contributed by atoms with van der Waals surface area (Å²) in [6.45, 7) is 0. The van der Waals surface area contributed by atoms with Crippen LogP contribution in [0.1, 0.15) is 0 Å². The van der Waals surface area contributed by atoms with Crippen LogP contribution in [0.25, 0.3) is 104 Å². The Kier molecular flexibility index (Phi) is 7.64. The van der Waals surface area contributed by atoms with Crippen LogP contribution in [-0.4, -0.2) is 19.5 Å². The molecule has 56 heavy (non-hydrogen) atoms. The Morgan fingerprint density at radius 2 is 0.875 bits per heavy atom. The first kappa shape index (κ1) is 32.2. The summed E-state index contributed by atoms with van der Waals surface area (Å²) in [4.78, 5) is 15.6. The molecule has 3 aromatic heterocycles. The number of hydrogen-bond acceptors (Lipinski definition) is 4. The summed E-state index contributed by atoms with van der Waals surface area (Å²) in [5.74, 6) is 1.87. The van der Waals surface area contributed by atoms with E-state index in [2.05, 4.69) is 162 Å². The second-order valence-corrected chi connectivity index (χ2v) is 15.1. The fourth-order valence-corrected chi connectivity index (χ4v) is 9.18. The lowest BCUT2D eigenvalue weighted by atomic mass is 9.93. The van der Waals surface area contributed by atoms with Crippen LogP contribution in [0.3, 0.4) is 0 Å². The van der Waals surface area contributed by atoms with E-state index < -0.39 is 0 Å². The van der Waals surface area contributed by atoms with E-state index in [4.69, 9.17) is 15.0 Å². The fourth-order valence-electron chi connectivity index (χ4n) is 8.06. The van der Waals surface area contributed by atoms with Crippen LogP contribution < -0.4 is 0 Å². The predicted molar refractivity (Wildman–Crippen MR) is 234 cm³/mol. The molecule has 0 aliphatic heterocycles. The summed E-state index contributed by atoms with van der Waals surface area (Å²) in [6, 6.07) is 68.6. The highest BCUT2D eigenvalue weighted by molar-refractivity contribution is 7.25.